The molecule has 2 nitrogen and oxygen atoms in total. The molecule has 0 saturated carbocycles. The Balaban J connectivity index is 2.48. The van der Waals surface area contributed by atoms with E-state index in [1.54, 1.807) is 24.6 Å². The van der Waals surface area contributed by atoms with Gasteiger partial charge < -0.3 is 4.74 Å². The Morgan fingerprint density at radius 1 is 1.35 bits per heavy atom. The Kier molecular flexibility index (Phi) is 3.50. The highest BCUT2D eigenvalue weighted by Crippen LogP contribution is 2.29. The molecule has 0 saturated heterocycles. The van der Waals surface area contributed by atoms with Crippen molar-refractivity contribution in [3.63, 3.8) is 0 Å². The fourth-order valence-electron chi connectivity index (χ4n) is 1.56. The van der Waals surface area contributed by atoms with Crippen LogP contribution in [0.3, 0.4) is 0 Å². The molecule has 0 aliphatic rings. The van der Waals surface area contributed by atoms with Crippen LogP contribution in [0.25, 0.3) is 0 Å². The van der Waals surface area contributed by atoms with Gasteiger partial charge in [0.25, 0.3) is 0 Å². The summed E-state index contributed by atoms with van der Waals surface area (Å²) in [6, 6.07) is 7.22. The number of ketones is 1. The molecule has 17 heavy (non-hydrogen) atoms. The second-order valence-electron chi connectivity index (χ2n) is 3.63. The molecule has 0 unspecified atom stereocenters. The monoisotopic (exact) mass is 266 g/mol. The third-order valence-corrected chi connectivity index (χ3v) is 3.77. The van der Waals surface area contributed by atoms with Crippen LogP contribution < -0.4 is 4.74 Å². The Labute approximate surface area is 109 Å². The second kappa shape index (κ2) is 4.90. The lowest BCUT2D eigenvalue weighted by atomic mass is 10.1. The van der Waals surface area contributed by atoms with E-state index in [2.05, 4.69) is 0 Å². The summed E-state index contributed by atoms with van der Waals surface area (Å²) in [7, 11) is 1.56. The van der Waals surface area contributed by atoms with Gasteiger partial charge >= 0.3 is 0 Å². The minimum Gasteiger partial charge on any atom is -0.496 e. The number of hydrogen-bond acceptors (Lipinski definition) is 3. The molecule has 88 valence electrons. The lowest BCUT2D eigenvalue weighted by Crippen LogP contribution is -2.02. The van der Waals surface area contributed by atoms with Crippen molar-refractivity contribution in [2.24, 2.45) is 0 Å². The standard InChI is InChI=1S/C13H11ClO2S/c1-8-3-4-9(11(7-8)16-2)12(15)13-10(14)5-6-17-13/h3-7H,1-2H3. The second-order valence-corrected chi connectivity index (χ2v) is 4.95. The number of methoxy groups -OCH3 is 1. The average Bonchev–Trinajstić information content (AvgIpc) is 2.74. The van der Waals surface area contributed by atoms with Crippen molar-refractivity contribution >= 4 is 28.7 Å². The zero-order valence-electron chi connectivity index (χ0n) is 9.49. The third-order valence-electron chi connectivity index (χ3n) is 2.43. The van der Waals surface area contributed by atoms with Crippen LogP contribution in [-0.2, 0) is 0 Å². The summed E-state index contributed by atoms with van der Waals surface area (Å²) in [6.45, 7) is 1.95. The van der Waals surface area contributed by atoms with Crippen molar-refractivity contribution in [2.75, 3.05) is 7.11 Å². The lowest BCUT2D eigenvalue weighted by Gasteiger charge is -2.07. The number of carbonyl (C=O) groups is 1. The first-order chi connectivity index (χ1) is 8.13. The molecule has 0 fully saturated rings. The number of hydrogen-bond donors (Lipinski definition) is 0. The molecule has 0 aliphatic carbocycles. The van der Waals surface area contributed by atoms with Crippen LogP contribution in [-0.4, -0.2) is 12.9 Å². The van der Waals surface area contributed by atoms with E-state index in [4.69, 9.17) is 16.3 Å². The minimum atomic E-state index is -0.0955. The molecule has 1 heterocycles. The highest BCUT2D eigenvalue weighted by molar-refractivity contribution is 7.13. The van der Waals surface area contributed by atoms with Crippen molar-refractivity contribution in [1.82, 2.24) is 0 Å². The molecule has 4 heteroatoms. The molecular formula is C13H11ClO2S. The van der Waals surface area contributed by atoms with Gasteiger partial charge in [0.05, 0.1) is 22.6 Å². The lowest BCUT2D eigenvalue weighted by molar-refractivity contribution is 0.104. The fraction of sp³-hybridized carbons (Fsp3) is 0.154. The van der Waals surface area contributed by atoms with Gasteiger partial charge in [-0.2, -0.15) is 0 Å². The van der Waals surface area contributed by atoms with Gasteiger partial charge in [0.15, 0.2) is 0 Å². The van der Waals surface area contributed by atoms with Gasteiger partial charge in [-0.25, -0.2) is 0 Å². The third kappa shape index (κ3) is 2.35. The summed E-state index contributed by atoms with van der Waals surface area (Å²) in [4.78, 5) is 12.8. The first-order valence-corrected chi connectivity index (χ1v) is 6.31. The van der Waals surface area contributed by atoms with Gasteiger partial charge in [-0.05, 0) is 36.1 Å². The van der Waals surface area contributed by atoms with Crippen LogP contribution in [0, 0.1) is 6.92 Å². The maximum absolute atomic E-state index is 12.3. The van der Waals surface area contributed by atoms with Gasteiger partial charge in [0.1, 0.15) is 5.75 Å². The SMILES string of the molecule is COc1cc(C)ccc1C(=O)c1sccc1Cl. The van der Waals surface area contributed by atoms with E-state index in [0.29, 0.717) is 21.2 Å². The summed E-state index contributed by atoms with van der Waals surface area (Å²) in [5.74, 6) is 0.487. The molecule has 0 aliphatic heterocycles. The Morgan fingerprint density at radius 2 is 2.12 bits per heavy atom. The normalized spacial score (nSPS) is 10.3. The van der Waals surface area contributed by atoms with Gasteiger partial charge in [0.2, 0.25) is 5.78 Å². The van der Waals surface area contributed by atoms with Gasteiger partial charge in [-0.1, -0.05) is 17.7 Å². The van der Waals surface area contributed by atoms with Crippen molar-refractivity contribution < 1.29 is 9.53 Å². The van der Waals surface area contributed by atoms with Gasteiger partial charge in [0, 0.05) is 0 Å². The van der Waals surface area contributed by atoms with E-state index >= 15 is 0 Å². The molecule has 0 atom stereocenters. The summed E-state index contributed by atoms with van der Waals surface area (Å²) < 4.78 is 5.23. The first-order valence-electron chi connectivity index (χ1n) is 5.06. The van der Waals surface area contributed by atoms with E-state index in [1.807, 2.05) is 19.1 Å². The number of rotatable bonds is 3. The number of benzene rings is 1. The minimum absolute atomic E-state index is 0.0955. The number of halogens is 1. The van der Waals surface area contributed by atoms with Crippen LogP contribution in [0.2, 0.25) is 5.02 Å². The number of aryl methyl sites for hydroxylation is 1. The van der Waals surface area contributed by atoms with Crippen LogP contribution >= 0.6 is 22.9 Å². The molecule has 0 N–H and O–H groups in total. The van der Waals surface area contributed by atoms with Crippen molar-refractivity contribution in [1.29, 1.82) is 0 Å². The molecule has 2 aromatic rings. The number of thiophene rings is 1. The van der Waals surface area contributed by atoms with E-state index in [1.165, 1.54) is 11.3 Å². The Hall–Kier alpha value is -1.32. The summed E-state index contributed by atoms with van der Waals surface area (Å²) >= 11 is 7.30. The van der Waals surface area contributed by atoms with Crippen molar-refractivity contribution in [3.05, 3.63) is 50.7 Å². The molecule has 0 radical (unpaired) electrons. The van der Waals surface area contributed by atoms with E-state index in [0.717, 1.165) is 5.56 Å². The zero-order valence-corrected chi connectivity index (χ0v) is 11.1. The van der Waals surface area contributed by atoms with E-state index in [-0.39, 0.29) is 5.78 Å². The first kappa shape index (κ1) is 12.1. The fourth-order valence-corrected chi connectivity index (χ4v) is 2.66. The largest absolute Gasteiger partial charge is 0.496 e. The molecule has 0 amide bonds. The molecule has 0 spiro atoms. The predicted molar refractivity (Wildman–Crippen MR) is 70.5 cm³/mol. The number of ether oxygens (including phenoxy) is 1. The maximum Gasteiger partial charge on any atom is 0.208 e. The van der Waals surface area contributed by atoms with E-state index < -0.39 is 0 Å². The Bertz CT molecular complexity index is 560. The van der Waals surface area contributed by atoms with Gasteiger partial charge in [-0.15, -0.1) is 11.3 Å². The quantitative estimate of drug-likeness (QED) is 0.787. The molecule has 1 aromatic carbocycles. The van der Waals surface area contributed by atoms with E-state index in [9.17, 15) is 4.79 Å². The molecule has 1 aromatic heterocycles. The Morgan fingerprint density at radius 3 is 2.71 bits per heavy atom. The summed E-state index contributed by atoms with van der Waals surface area (Å²) in [6.07, 6.45) is 0. The van der Waals surface area contributed by atoms with Crippen molar-refractivity contribution in [3.8, 4) is 5.75 Å². The van der Waals surface area contributed by atoms with Crippen LogP contribution in [0.1, 0.15) is 20.8 Å². The molecule has 2 rings (SSSR count). The van der Waals surface area contributed by atoms with Crippen LogP contribution in [0.15, 0.2) is 29.6 Å². The predicted octanol–water partition coefficient (Wildman–Crippen LogP) is 3.95. The maximum atomic E-state index is 12.3. The van der Waals surface area contributed by atoms with Crippen LogP contribution in [0.4, 0.5) is 0 Å². The molecule has 0 bridgehead atoms. The van der Waals surface area contributed by atoms with Crippen LogP contribution in [0.5, 0.6) is 5.75 Å². The molecular weight excluding hydrogens is 256 g/mol. The topological polar surface area (TPSA) is 26.3 Å². The summed E-state index contributed by atoms with van der Waals surface area (Å²) in [5, 5.41) is 2.29. The zero-order chi connectivity index (χ0) is 12.4. The number of carbonyl (C=O) groups excluding carboxylic acids is 1. The summed E-state index contributed by atoms with van der Waals surface area (Å²) in [5.41, 5.74) is 1.60. The van der Waals surface area contributed by atoms with Gasteiger partial charge in [-0.3, -0.25) is 4.79 Å². The smallest absolute Gasteiger partial charge is 0.208 e. The van der Waals surface area contributed by atoms with Crippen molar-refractivity contribution in [2.45, 2.75) is 6.92 Å². The average molecular weight is 267 g/mol. The highest BCUT2D eigenvalue weighted by Gasteiger charge is 2.18. The highest BCUT2D eigenvalue weighted by atomic mass is 35.5.